The molecule has 0 saturated heterocycles. The van der Waals surface area contributed by atoms with Crippen LogP contribution < -0.4 is 11.1 Å². The summed E-state index contributed by atoms with van der Waals surface area (Å²) in [7, 11) is 0. The summed E-state index contributed by atoms with van der Waals surface area (Å²) in [4.78, 5) is 4.02. The predicted molar refractivity (Wildman–Crippen MR) is 77.5 cm³/mol. The van der Waals surface area contributed by atoms with Crippen LogP contribution in [0.3, 0.4) is 0 Å². The standard InChI is InChI=1S/C14H19N5O/c1-11(9-19-7-6-16-10-19)17-8-12-2-4-13(5-3-12)14(15)18-20/h2-7,10-11,17,20H,8-9H2,1H3,(H2,15,18). The van der Waals surface area contributed by atoms with E-state index in [4.69, 9.17) is 10.9 Å². The molecule has 0 amide bonds. The molecule has 20 heavy (non-hydrogen) atoms. The van der Waals surface area contributed by atoms with E-state index in [0.717, 1.165) is 18.7 Å². The third kappa shape index (κ3) is 3.83. The first kappa shape index (κ1) is 14.1. The lowest BCUT2D eigenvalue weighted by Crippen LogP contribution is -2.29. The van der Waals surface area contributed by atoms with Gasteiger partial charge >= 0.3 is 0 Å². The lowest BCUT2D eigenvalue weighted by molar-refractivity contribution is 0.318. The Balaban J connectivity index is 1.84. The Kier molecular flexibility index (Phi) is 4.73. The first-order chi connectivity index (χ1) is 9.69. The molecule has 1 heterocycles. The zero-order chi connectivity index (χ0) is 14.4. The van der Waals surface area contributed by atoms with Crippen molar-refractivity contribution in [3.8, 4) is 0 Å². The number of nitrogens with two attached hydrogens (primary N) is 1. The molecule has 2 rings (SSSR count). The van der Waals surface area contributed by atoms with Crippen molar-refractivity contribution in [1.82, 2.24) is 14.9 Å². The number of hydrogen-bond donors (Lipinski definition) is 3. The van der Waals surface area contributed by atoms with Gasteiger partial charge in [-0.25, -0.2) is 4.98 Å². The smallest absolute Gasteiger partial charge is 0.170 e. The number of nitrogens with zero attached hydrogens (tertiary/aromatic N) is 3. The maximum Gasteiger partial charge on any atom is 0.170 e. The number of hydrogen-bond acceptors (Lipinski definition) is 4. The summed E-state index contributed by atoms with van der Waals surface area (Å²) >= 11 is 0. The van der Waals surface area contributed by atoms with Crippen LogP contribution >= 0.6 is 0 Å². The van der Waals surface area contributed by atoms with Crippen molar-refractivity contribution < 1.29 is 5.21 Å². The fourth-order valence-corrected chi connectivity index (χ4v) is 1.92. The van der Waals surface area contributed by atoms with Gasteiger partial charge in [0, 0.05) is 37.1 Å². The number of rotatable bonds is 6. The lowest BCUT2D eigenvalue weighted by atomic mass is 10.1. The van der Waals surface area contributed by atoms with Gasteiger partial charge in [-0.3, -0.25) is 0 Å². The highest BCUT2D eigenvalue weighted by atomic mass is 16.4. The summed E-state index contributed by atoms with van der Waals surface area (Å²) < 4.78 is 2.04. The quantitative estimate of drug-likeness (QED) is 0.319. The molecule has 1 unspecified atom stereocenters. The van der Waals surface area contributed by atoms with Crippen LogP contribution in [0.4, 0.5) is 0 Å². The largest absolute Gasteiger partial charge is 0.409 e. The fraction of sp³-hybridized carbons (Fsp3) is 0.286. The van der Waals surface area contributed by atoms with Crippen LogP contribution in [0.1, 0.15) is 18.1 Å². The van der Waals surface area contributed by atoms with Crippen LogP contribution in [0.5, 0.6) is 0 Å². The monoisotopic (exact) mass is 273 g/mol. The minimum absolute atomic E-state index is 0.123. The Labute approximate surface area is 117 Å². The van der Waals surface area contributed by atoms with E-state index in [0.29, 0.717) is 11.6 Å². The molecule has 6 nitrogen and oxygen atoms in total. The lowest BCUT2D eigenvalue weighted by Gasteiger charge is -2.14. The van der Waals surface area contributed by atoms with Crippen molar-refractivity contribution in [2.75, 3.05) is 0 Å². The molecule has 2 aromatic rings. The first-order valence-electron chi connectivity index (χ1n) is 6.45. The maximum absolute atomic E-state index is 8.60. The van der Waals surface area contributed by atoms with E-state index in [1.807, 2.05) is 41.4 Å². The Hall–Kier alpha value is -2.34. The van der Waals surface area contributed by atoms with Crippen LogP contribution in [0.2, 0.25) is 0 Å². The molecule has 0 bridgehead atoms. The summed E-state index contributed by atoms with van der Waals surface area (Å²) in [6.07, 6.45) is 5.53. The zero-order valence-corrected chi connectivity index (χ0v) is 11.4. The molecule has 0 aliphatic heterocycles. The average Bonchev–Trinajstić information content (AvgIpc) is 2.97. The topological polar surface area (TPSA) is 88.5 Å². The number of oxime groups is 1. The van der Waals surface area contributed by atoms with Crippen LogP contribution in [-0.2, 0) is 13.1 Å². The van der Waals surface area contributed by atoms with Gasteiger partial charge in [0.15, 0.2) is 5.84 Å². The van der Waals surface area contributed by atoms with E-state index >= 15 is 0 Å². The first-order valence-corrected chi connectivity index (χ1v) is 6.45. The molecule has 0 spiro atoms. The second-order valence-electron chi connectivity index (χ2n) is 4.72. The zero-order valence-electron chi connectivity index (χ0n) is 11.4. The van der Waals surface area contributed by atoms with Crippen molar-refractivity contribution in [2.45, 2.75) is 26.1 Å². The summed E-state index contributed by atoms with van der Waals surface area (Å²) in [6.45, 7) is 3.78. The third-order valence-corrected chi connectivity index (χ3v) is 3.06. The summed E-state index contributed by atoms with van der Waals surface area (Å²) in [5.74, 6) is 0.123. The Bertz CT molecular complexity index is 547. The minimum atomic E-state index is 0.123. The molecule has 1 atom stereocenters. The molecule has 1 aromatic heterocycles. The molecule has 106 valence electrons. The highest BCUT2D eigenvalue weighted by molar-refractivity contribution is 5.96. The highest BCUT2D eigenvalue weighted by Crippen LogP contribution is 2.04. The molecule has 0 saturated carbocycles. The number of nitrogens with one attached hydrogen (secondary N) is 1. The summed E-state index contributed by atoms with van der Waals surface area (Å²) in [6, 6.07) is 7.95. The normalized spacial score (nSPS) is 13.3. The SMILES string of the molecule is CC(Cn1ccnc1)NCc1ccc(C(N)=NO)cc1. The minimum Gasteiger partial charge on any atom is -0.409 e. The Morgan fingerprint density at radius 3 is 2.80 bits per heavy atom. The number of aromatic nitrogens is 2. The van der Waals surface area contributed by atoms with Crippen molar-refractivity contribution in [3.63, 3.8) is 0 Å². The molecule has 1 aromatic carbocycles. The summed E-state index contributed by atoms with van der Waals surface area (Å²) in [5.41, 5.74) is 7.38. The number of benzene rings is 1. The van der Waals surface area contributed by atoms with E-state index in [2.05, 4.69) is 22.4 Å². The molecule has 0 aliphatic rings. The second-order valence-corrected chi connectivity index (χ2v) is 4.72. The van der Waals surface area contributed by atoms with Gasteiger partial charge in [0.2, 0.25) is 0 Å². The van der Waals surface area contributed by atoms with Gasteiger partial charge in [-0.15, -0.1) is 0 Å². The van der Waals surface area contributed by atoms with E-state index in [-0.39, 0.29) is 5.84 Å². The summed E-state index contributed by atoms with van der Waals surface area (Å²) in [5, 5.41) is 15.0. The Morgan fingerprint density at radius 2 is 2.20 bits per heavy atom. The maximum atomic E-state index is 8.60. The fourth-order valence-electron chi connectivity index (χ4n) is 1.92. The average molecular weight is 273 g/mol. The van der Waals surface area contributed by atoms with Crippen LogP contribution in [0.15, 0.2) is 48.1 Å². The molecular formula is C14H19N5O. The van der Waals surface area contributed by atoms with Gasteiger partial charge < -0.3 is 20.8 Å². The molecule has 0 fully saturated rings. The van der Waals surface area contributed by atoms with E-state index in [1.165, 1.54) is 0 Å². The molecular weight excluding hydrogens is 254 g/mol. The van der Waals surface area contributed by atoms with Crippen molar-refractivity contribution in [2.24, 2.45) is 10.9 Å². The number of amidine groups is 1. The van der Waals surface area contributed by atoms with Gasteiger partial charge in [0.25, 0.3) is 0 Å². The predicted octanol–water partition coefficient (Wildman–Crippen LogP) is 1.16. The Morgan fingerprint density at radius 1 is 1.45 bits per heavy atom. The second kappa shape index (κ2) is 6.72. The molecule has 4 N–H and O–H groups in total. The molecule has 6 heteroatoms. The van der Waals surface area contributed by atoms with Gasteiger partial charge in [-0.2, -0.15) is 0 Å². The number of imidazole rings is 1. The third-order valence-electron chi connectivity index (χ3n) is 3.06. The molecule has 0 radical (unpaired) electrons. The van der Waals surface area contributed by atoms with E-state index in [9.17, 15) is 0 Å². The molecule has 0 aliphatic carbocycles. The van der Waals surface area contributed by atoms with E-state index < -0.39 is 0 Å². The van der Waals surface area contributed by atoms with Crippen LogP contribution in [0, 0.1) is 0 Å². The van der Waals surface area contributed by atoms with Crippen molar-refractivity contribution in [3.05, 3.63) is 54.1 Å². The van der Waals surface area contributed by atoms with E-state index in [1.54, 1.807) is 6.20 Å². The van der Waals surface area contributed by atoms with Crippen LogP contribution in [0.25, 0.3) is 0 Å². The van der Waals surface area contributed by atoms with Gasteiger partial charge in [-0.05, 0) is 12.5 Å². The van der Waals surface area contributed by atoms with Gasteiger partial charge in [0.05, 0.1) is 6.33 Å². The van der Waals surface area contributed by atoms with Gasteiger partial charge in [-0.1, -0.05) is 29.4 Å². The van der Waals surface area contributed by atoms with Crippen LogP contribution in [-0.4, -0.2) is 26.6 Å². The van der Waals surface area contributed by atoms with Crippen molar-refractivity contribution in [1.29, 1.82) is 0 Å². The highest BCUT2D eigenvalue weighted by Gasteiger charge is 2.03. The van der Waals surface area contributed by atoms with Gasteiger partial charge in [0.1, 0.15) is 0 Å². The van der Waals surface area contributed by atoms with Crippen molar-refractivity contribution >= 4 is 5.84 Å².